The summed E-state index contributed by atoms with van der Waals surface area (Å²) in [7, 11) is 3.55. The predicted octanol–water partition coefficient (Wildman–Crippen LogP) is 3.24. The van der Waals surface area contributed by atoms with Crippen molar-refractivity contribution in [3.8, 4) is 17.1 Å². The monoisotopic (exact) mass is 523 g/mol. The average molecular weight is 523 g/mol. The van der Waals surface area contributed by atoms with Crippen LogP contribution in [0.2, 0.25) is 0 Å². The van der Waals surface area contributed by atoms with Crippen LogP contribution in [0.1, 0.15) is 31.2 Å². The number of rotatable bonds is 3. The van der Waals surface area contributed by atoms with Crippen molar-refractivity contribution in [2.45, 2.75) is 56.2 Å². The molecule has 2 aliphatic rings. The molecule has 0 saturated carbocycles. The quantitative estimate of drug-likeness (QED) is 0.525. The minimum Gasteiger partial charge on any atom is -0.507 e. The third-order valence-corrected chi connectivity index (χ3v) is 6.37. The van der Waals surface area contributed by atoms with E-state index in [0.717, 1.165) is 37.8 Å². The molecule has 0 radical (unpaired) electrons. The summed E-state index contributed by atoms with van der Waals surface area (Å²) < 4.78 is 71.3. The zero-order valence-corrected chi connectivity index (χ0v) is 19.1. The molecule has 0 aliphatic carbocycles. The van der Waals surface area contributed by atoms with Crippen LogP contribution in [0.3, 0.4) is 0 Å². The molecule has 15 heteroatoms. The molecular formula is C21H23F6N5O4. The van der Waals surface area contributed by atoms with Crippen molar-refractivity contribution < 1.29 is 41.4 Å². The molecule has 4 rings (SSSR count). The maximum absolute atomic E-state index is 12.8. The molecule has 3 N–H and O–H groups in total. The lowest BCUT2D eigenvalue weighted by Crippen LogP contribution is -2.49. The van der Waals surface area contributed by atoms with Gasteiger partial charge in [0.05, 0.1) is 11.1 Å². The average Bonchev–Trinajstić information content (AvgIpc) is 3.00. The Morgan fingerprint density at radius 1 is 1.06 bits per heavy atom. The van der Waals surface area contributed by atoms with Crippen LogP contribution >= 0.6 is 0 Å². The molecule has 9 nitrogen and oxygen atoms in total. The van der Waals surface area contributed by atoms with Crippen LogP contribution in [0.5, 0.6) is 5.75 Å². The Balaban J connectivity index is 0.000000454. The maximum Gasteiger partial charge on any atom is 0.490 e. The van der Waals surface area contributed by atoms with Crippen molar-refractivity contribution in [3.63, 3.8) is 0 Å². The fraction of sp³-hybridized carbons (Fsp3) is 0.524. The van der Waals surface area contributed by atoms with Crippen molar-refractivity contribution in [2.24, 2.45) is 7.05 Å². The highest BCUT2D eigenvalue weighted by Crippen LogP contribution is 2.36. The zero-order valence-electron chi connectivity index (χ0n) is 19.1. The Hall–Kier alpha value is -3.36. The van der Waals surface area contributed by atoms with Gasteiger partial charge >= 0.3 is 18.3 Å². The number of hydrogen-bond acceptors (Lipinski definition) is 7. The van der Waals surface area contributed by atoms with Gasteiger partial charge in [-0.05, 0) is 50.9 Å². The second-order valence-corrected chi connectivity index (χ2v) is 8.56. The van der Waals surface area contributed by atoms with E-state index < -0.39 is 35.2 Å². The van der Waals surface area contributed by atoms with Crippen LogP contribution < -0.4 is 10.9 Å². The summed E-state index contributed by atoms with van der Waals surface area (Å²) in [6.45, 7) is 0. The number of benzene rings is 1. The van der Waals surface area contributed by atoms with Crippen LogP contribution in [0.4, 0.5) is 32.2 Å². The van der Waals surface area contributed by atoms with Gasteiger partial charge in [-0.2, -0.15) is 26.3 Å². The molecule has 0 amide bonds. The van der Waals surface area contributed by atoms with Gasteiger partial charge in [-0.15, -0.1) is 10.2 Å². The topological polar surface area (TPSA) is 121 Å². The van der Waals surface area contributed by atoms with E-state index in [1.807, 2.05) is 0 Å². The molecule has 1 aromatic carbocycles. The molecule has 2 saturated heterocycles. The third-order valence-electron chi connectivity index (χ3n) is 6.37. The number of hydrogen-bond donors (Lipinski definition) is 3. The number of carboxylic acid groups (broad SMARTS) is 1. The summed E-state index contributed by atoms with van der Waals surface area (Å²) in [6.07, 6.45) is -5.46. The first-order valence-corrected chi connectivity index (χ1v) is 10.7. The van der Waals surface area contributed by atoms with Crippen LogP contribution in [0.15, 0.2) is 23.0 Å². The lowest BCUT2D eigenvalue weighted by atomic mass is 9.98. The number of alkyl halides is 6. The number of anilines is 1. The molecule has 3 unspecified atom stereocenters. The van der Waals surface area contributed by atoms with Crippen molar-refractivity contribution in [1.82, 2.24) is 19.7 Å². The highest BCUT2D eigenvalue weighted by Gasteiger charge is 2.40. The van der Waals surface area contributed by atoms with E-state index in [1.165, 1.54) is 11.6 Å². The number of aliphatic carboxylic acids is 1. The van der Waals surface area contributed by atoms with Crippen molar-refractivity contribution in [3.05, 3.63) is 34.1 Å². The summed E-state index contributed by atoms with van der Waals surface area (Å²) in [4.78, 5) is 24.0. The summed E-state index contributed by atoms with van der Waals surface area (Å²) >= 11 is 0. The first-order valence-electron chi connectivity index (χ1n) is 10.7. The van der Waals surface area contributed by atoms with Gasteiger partial charge in [-0.1, -0.05) is 0 Å². The molecule has 1 aromatic heterocycles. The number of carboxylic acids is 1. The minimum atomic E-state index is -5.08. The van der Waals surface area contributed by atoms with Crippen molar-refractivity contribution in [1.29, 1.82) is 0 Å². The number of aromatic hydroxyl groups is 1. The molecule has 3 heterocycles. The van der Waals surface area contributed by atoms with Gasteiger partial charge in [0.15, 0.2) is 5.82 Å². The van der Waals surface area contributed by atoms with E-state index in [2.05, 4.69) is 27.5 Å². The normalized spacial score (nSPS) is 22.1. The third kappa shape index (κ3) is 5.71. The van der Waals surface area contributed by atoms with Crippen LogP contribution in [0, 0.1) is 0 Å². The Morgan fingerprint density at radius 3 is 2.22 bits per heavy atom. The number of halogens is 6. The SMILES string of the molecule is CN1C2CCC(Nc3nnc(-c4ccc(C(F)(F)F)cc4O)n(C)c3=O)C1CC2.O=C(O)C(F)(F)F. The Labute approximate surface area is 200 Å². The van der Waals surface area contributed by atoms with Gasteiger partial charge in [-0.3, -0.25) is 14.3 Å². The van der Waals surface area contributed by atoms with Gasteiger partial charge in [-0.25, -0.2) is 4.79 Å². The largest absolute Gasteiger partial charge is 0.507 e. The molecule has 2 bridgehead atoms. The molecule has 0 spiro atoms. The van der Waals surface area contributed by atoms with Gasteiger partial charge in [0, 0.05) is 25.2 Å². The van der Waals surface area contributed by atoms with Gasteiger partial charge in [0.25, 0.3) is 5.56 Å². The van der Waals surface area contributed by atoms with Crippen molar-refractivity contribution in [2.75, 3.05) is 12.4 Å². The summed E-state index contributed by atoms with van der Waals surface area (Å²) in [6, 6.07) is 3.55. The van der Waals surface area contributed by atoms with E-state index in [0.29, 0.717) is 18.2 Å². The Kier molecular flexibility index (Phi) is 7.53. The maximum atomic E-state index is 12.8. The number of fused-ring (bicyclic) bond motifs is 2. The standard InChI is InChI=1S/C19H22F3N5O2.C2HF3O2/c1-26-11-4-7-13(14(26)8-5-11)23-16-18(29)27(2)17(25-24-16)12-6-3-10(9-15(12)28)19(20,21)22;3-2(4,5)1(6)7/h3,6,9,11,13-14,28H,4-5,7-8H2,1-2H3,(H,23,24);(H,6,7). The van der Waals surface area contributed by atoms with Crippen molar-refractivity contribution >= 4 is 11.8 Å². The number of phenolic OH excluding ortho intramolecular Hbond substituents is 1. The lowest BCUT2D eigenvalue weighted by molar-refractivity contribution is -0.192. The second-order valence-electron chi connectivity index (χ2n) is 8.56. The first-order chi connectivity index (χ1) is 16.6. The van der Waals surface area contributed by atoms with E-state index >= 15 is 0 Å². The number of nitrogens with zero attached hydrogens (tertiary/aromatic N) is 4. The molecule has 2 aromatic rings. The number of phenols is 1. The number of aromatic nitrogens is 3. The van der Waals surface area contributed by atoms with E-state index in [9.17, 15) is 36.2 Å². The first kappa shape index (κ1) is 27.2. The van der Waals surface area contributed by atoms with E-state index in [1.54, 1.807) is 0 Å². The Bertz CT molecular complexity index is 1180. The molecule has 198 valence electrons. The second kappa shape index (κ2) is 9.95. The fourth-order valence-corrected chi connectivity index (χ4v) is 4.47. The Morgan fingerprint density at radius 2 is 1.67 bits per heavy atom. The van der Waals surface area contributed by atoms with Crippen LogP contribution in [-0.4, -0.2) is 67.2 Å². The molecular weight excluding hydrogens is 500 g/mol. The minimum absolute atomic E-state index is 0.00605. The highest BCUT2D eigenvalue weighted by atomic mass is 19.4. The van der Waals surface area contributed by atoms with Crippen LogP contribution in [-0.2, 0) is 18.0 Å². The predicted molar refractivity (Wildman–Crippen MR) is 114 cm³/mol. The number of piperidine rings is 1. The summed E-state index contributed by atoms with van der Waals surface area (Å²) in [5.74, 6) is -3.27. The van der Waals surface area contributed by atoms with E-state index in [-0.39, 0.29) is 23.2 Å². The number of likely N-dealkylation sites (N-methyl/N-ethyl adjacent to an activating group) is 1. The fourth-order valence-electron chi connectivity index (χ4n) is 4.47. The smallest absolute Gasteiger partial charge is 0.490 e. The number of nitrogens with one attached hydrogen (secondary N) is 1. The lowest BCUT2D eigenvalue weighted by Gasteiger charge is -2.37. The summed E-state index contributed by atoms with van der Waals surface area (Å²) in [5, 5.41) is 28.4. The number of carbonyl (C=O) groups is 1. The van der Waals surface area contributed by atoms with Gasteiger partial charge in [0.1, 0.15) is 5.75 Å². The molecule has 36 heavy (non-hydrogen) atoms. The molecule has 3 atom stereocenters. The zero-order chi connectivity index (χ0) is 27.0. The highest BCUT2D eigenvalue weighted by molar-refractivity contribution is 5.73. The summed E-state index contributed by atoms with van der Waals surface area (Å²) in [5.41, 5.74) is -1.42. The van der Waals surface area contributed by atoms with Gasteiger partial charge in [0.2, 0.25) is 5.82 Å². The van der Waals surface area contributed by atoms with E-state index in [4.69, 9.17) is 9.90 Å². The molecule has 2 fully saturated rings. The van der Waals surface area contributed by atoms with Crippen LogP contribution in [0.25, 0.3) is 11.4 Å². The molecule has 2 aliphatic heterocycles. The van der Waals surface area contributed by atoms with Gasteiger partial charge < -0.3 is 15.5 Å².